The third kappa shape index (κ3) is 8.02. The Morgan fingerprint density at radius 1 is 1.03 bits per heavy atom. The lowest BCUT2D eigenvalue weighted by Crippen LogP contribution is -2.75. The van der Waals surface area contributed by atoms with Crippen LogP contribution in [-0.4, -0.2) is 113 Å². The highest BCUT2D eigenvalue weighted by atomic mass is 16.6. The number of nitrogens with zero attached hydrogens (tertiary/aromatic N) is 4. The number of aliphatic imine (C=N–C) groups is 1. The number of ether oxygens (including phenoxy) is 4. The molecule has 7 atom stereocenters. The highest BCUT2D eigenvalue weighted by Crippen LogP contribution is 2.74. The van der Waals surface area contributed by atoms with Gasteiger partial charge in [-0.15, -0.1) is 0 Å². The number of nitrogens with two attached hydrogens (primary N) is 1. The third-order valence-electron chi connectivity index (χ3n) is 15.0. The molecule has 15 heteroatoms. The van der Waals surface area contributed by atoms with Crippen LogP contribution < -0.4 is 25.3 Å². The summed E-state index contributed by atoms with van der Waals surface area (Å²) < 4.78 is 28.6. The Kier molecular flexibility index (Phi) is 12.8. The van der Waals surface area contributed by atoms with Gasteiger partial charge in [-0.1, -0.05) is 29.4 Å². The first-order chi connectivity index (χ1) is 31.7. The van der Waals surface area contributed by atoms with Crippen molar-refractivity contribution < 1.29 is 43.2 Å². The van der Waals surface area contributed by atoms with Crippen LogP contribution in [0, 0.1) is 35.0 Å². The summed E-state index contributed by atoms with van der Waals surface area (Å²) in [5.41, 5.74) is 6.80. The molecular weight excluding hydrogens is 853 g/mol. The van der Waals surface area contributed by atoms with E-state index >= 15 is 4.79 Å². The number of carbonyl (C=O) groups excluding carboxylic acids is 4. The van der Waals surface area contributed by atoms with E-state index in [-0.39, 0.29) is 55.7 Å². The van der Waals surface area contributed by atoms with E-state index < -0.39 is 58.0 Å². The minimum atomic E-state index is -1.69. The number of nitriles is 1. The largest absolute Gasteiger partial charge is 0.482 e. The molecule has 0 radical (unpaired) electrons. The second-order valence-electron chi connectivity index (χ2n) is 20.6. The summed E-state index contributed by atoms with van der Waals surface area (Å²) in [6.45, 7) is 18.1. The van der Waals surface area contributed by atoms with Gasteiger partial charge in [0.05, 0.1) is 41.5 Å². The summed E-state index contributed by atoms with van der Waals surface area (Å²) in [5, 5.41) is 22.9. The van der Waals surface area contributed by atoms with Gasteiger partial charge in [0.25, 0.3) is 0 Å². The maximum absolute atomic E-state index is 15.5. The Hall–Kier alpha value is -5.56. The van der Waals surface area contributed by atoms with E-state index in [9.17, 15) is 24.8 Å². The molecule has 4 N–H and O–H groups in total. The van der Waals surface area contributed by atoms with Crippen molar-refractivity contribution in [2.24, 2.45) is 34.4 Å². The molecule has 7 unspecified atom stereocenters. The van der Waals surface area contributed by atoms with E-state index in [1.165, 1.54) is 5.57 Å². The van der Waals surface area contributed by atoms with Gasteiger partial charge in [0, 0.05) is 80.0 Å². The van der Waals surface area contributed by atoms with Crippen LogP contribution in [-0.2, 0) is 30.3 Å². The minimum absolute atomic E-state index is 0.0322. The average molecular weight is 919 g/mol. The predicted octanol–water partition coefficient (Wildman–Crippen LogP) is 5.75. The number of carbonyl (C=O) groups is 4. The molecule has 15 nitrogen and oxygen atoms in total. The number of piperazine rings is 1. The van der Waals surface area contributed by atoms with Crippen LogP contribution >= 0.6 is 0 Å². The molecular formula is C52H66N6O9. The SMILES string of the molecule is CC(C)=CCCC1(C)C=Cc2c(c(CC=C(C)C)c3c(c2OC(=O)CCC(=O)N2CCN(C)CC2)C2=C4C(C(C#N)C(N)=N2)C2CC5C(C)(C)OC(CC=C(C)C(=O)NCCO)(C2=O)C45O3)O1. The maximum atomic E-state index is 15.5. The Bertz CT molecular complexity index is 2510. The van der Waals surface area contributed by atoms with Crippen molar-refractivity contribution in [2.75, 3.05) is 46.4 Å². The normalized spacial score (nSPS) is 29.6. The zero-order valence-electron chi connectivity index (χ0n) is 40.5. The molecule has 8 aliphatic rings. The van der Waals surface area contributed by atoms with Crippen molar-refractivity contribution in [3.8, 4) is 23.3 Å². The number of hydrogen-bond donors (Lipinski definition) is 3. The number of likely N-dealkylation sites (N-methyl/N-ethyl adjacent to an activating group) is 1. The molecule has 5 aliphatic heterocycles. The van der Waals surface area contributed by atoms with Crippen molar-refractivity contribution in [1.82, 2.24) is 15.1 Å². The number of benzene rings is 1. The molecule has 3 aliphatic carbocycles. The zero-order valence-corrected chi connectivity index (χ0v) is 40.5. The van der Waals surface area contributed by atoms with Crippen molar-refractivity contribution in [2.45, 2.75) is 123 Å². The Balaban J connectivity index is 1.37. The number of fused-ring (bicyclic) bond motifs is 3. The van der Waals surface area contributed by atoms with Crippen LogP contribution in [0.25, 0.3) is 11.8 Å². The standard InChI is InChI=1S/C52H66N6O9/c1-29(2)11-10-18-50(8)19-17-33-43(65-50)32(13-12-30(3)4)45-40(44(33)64-38(61)15-14-37(60)58-24-22-57(9)23-25-58)42-41-39(35(28-53)47(54)56-42)34-27-36-49(6,7)67-51(46(34)62,52(36,41)66-45)20-16-31(5)48(63)55-21-26-59/h11-12,16-17,19,34-36,39,59H,10,13-15,18,20-27H2,1-9H3,(H2,54,56)(H,55,63). The molecule has 1 spiro atoms. The summed E-state index contributed by atoms with van der Waals surface area (Å²) in [7, 11) is 2.01. The monoisotopic (exact) mass is 918 g/mol. The number of hydrogen-bond acceptors (Lipinski definition) is 13. The predicted molar refractivity (Wildman–Crippen MR) is 253 cm³/mol. The molecule has 1 aromatic rings. The number of aliphatic hydroxyl groups excluding tert-OH is 1. The molecule has 4 bridgehead atoms. The van der Waals surface area contributed by atoms with Crippen LogP contribution in [0.4, 0.5) is 0 Å². The fourth-order valence-electron chi connectivity index (χ4n) is 11.6. The highest BCUT2D eigenvalue weighted by molar-refractivity contribution is 6.05. The zero-order chi connectivity index (χ0) is 48.4. The molecule has 5 heterocycles. The first-order valence-electron chi connectivity index (χ1n) is 23.7. The molecule has 9 rings (SSSR count). The molecule has 5 fully saturated rings. The van der Waals surface area contributed by atoms with Gasteiger partial charge >= 0.3 is 5.97 Å². The van der Waals surface area contributed by atoms with Crippen molar-refractivity contribution in [3.05, 3.63) is 63.3 Å². The summed E-state index contributed by atoms with van der Waals surface area (Å²) in [4.78, 5) is 65.5. The van der Waals surface area contributed by atoms with Gasteiger partial charge in [0.1, 0.15) is 28.9 Å². The number of allylic oxidation sites excluding steroid dienone is 4. The summed E-state index contributed by atoms with van der Waals surface area (Å²) in [6, 6.07) is 2.38. The number of amidine groups is 1. The minimum Gasteiger partial charge on any atom is -0.482 e. The average Bonchev–Trinajstić information content (AvgIpc) is 3.42. The Morgan fingerprint density at radius 3 is 2.42 bits per heavy atom. The topological polar surface area (TPSA) is 206 Å². The smallest absolute Gasteiger partial charge is 0.311 e. The molecule has 358 valence electrons. The van der Waals surface area contributed by atoms with Crippen molar-refractivity contribution in [3.63, 3.8) is 0 Å². The van der Waals surface area contributed by atoms with E-state index in [0.29, 0.717) is 77.4 Å². The second-order valence-corrected chi connectivity index (χ2v) is 20.6. The first kappa shape index (κ1) is 47.9. The lowest BCUT2D eigenvalue weighted by Gasteiger charge is -2.62. The summed E-state index contributed by atoms with van der Waals surface area (Å²) >= 11 is 0. The number of esters is 1. The van der Waals surface area contributed by atoms with Gasteiger partial charge in [-0.05, 0) is 100 Å². The maximum Gasteiger partial charge on any atom is 0.311 e. The van der Waals surface area contributed by atoms with Gasteiger partial charge in [-0.2, -0.15) is 5.26 Å². The van der Waals surface area contributed by atoms with Crippen LogP contribution in [0.1, 0.15) is 111 Å². The molecule has 2 saturated heterocycles. The van der Waals surface area contributed by atoms with Gasteiger partial charge in [0.15, 0.2) is 22.7 Å². The lowest BCUT2D eigenvalue weighted by molar-refractivity contribution is -0.183. The number of ketones is 1. The molecule has 0 aromatic heterocycles. The number of nitrogens with one attached hydrogen (secondary N) is 1. The van der Waals surface area contributed by atoms with Crippen LogP contribution in [0.2, 0.25) is 0 Å². The van der Waals surface area contributed by atoms with E-state index in [0.717, 1.165) is 25.1 Å². The number of Topliss-reactive ketones (excluding diaryl/α,β-unsaturated/α-hetero) is 1. The summed E-state index contributed by atoms with van der Waals surface area (Å²) in [5.74, 6) is -3.40. The van der Waals surface area contributed by atoms with E-state index in [2.05, 4.69) is 42.3 Å². The first-order valence-corrected chi connectivity index (χ1v) is 23.7. The number of aliphatic hydroxyl groups is 1. The summed E-state index contributed by atoms with van der Waals surface area (Å²) in [6.07, 6.45) is 11.6. The Morgan fingerprint density at radius 2 is 1.75 bits per heavy atom. The second kappa shape index (κ2) is 17.8. The van der Waals surface area contributed by atoms with Crippen molar-refractivity contribution in [1.29, 1.82) is 5.26 Å². The van der Waals surface area contributed by atoms with Gasteiger partial charge < -0.3 is 44.9 Å². The lowest BCUT2D eigenvalue weighted by atomic mass is 9.44. The van der Waals surface area contributed by atoms with Crippen LogP contribution in [0.3, 0.4) is 0 Å². The number of rotatable bonds is 14. The molecule has 2 amide bonds. The Labute approximate surface area is 393 Å². The quantitative estimate of drug-likeness (QED) is 0.0884. The fourth-order valence-corrected chi connectivity index (χ4v) is 11.6. The van der Waals surface area contributed by atoms with E-state index in [1.54, 1.807) is 17.9 Å². The molecule has 1 aromatic carbocycles. The van der Waals surface area contributed by atoms with Crippen molar-refractivity contribution >= 4 is 41.2 Å². The van der Waals surface area contributed by atoms with Gasteiger partial charge in [-0.3, -0.25) is 19.2 Å². The van der Waals surface area contributed by atoms with Gasteiger partial charge in [0.2, 0.25) is 11.8 Å². The highest BCUT2D eigenvalue weighted by Gasteiger charge is 2.84. The van der Waals surface area contributed by atoms with Crippen LogP contribution in [0.5, 0.6) is 17.2 Å². The third-order valence-corrected chi connectivity index (χ3v) is 15.0. The fraction of sp³-hybridized carbons (Fsp3) is 0.577. The molecule has 3 saturated carbocycles. The van der Waals surface area contributed by atoms with Crippen LogP contribution in [0.15, 0.2) is 51.6 Å². The van der Waals surface area contributed by atoms with Gasteiger partial charge in [-0.25, -0.2) is 4.99 Å². The van der Waals surface area contributed by atoms with E-state index in [4.69, 9.17) is 29.7 Å². The van der Waals surface area contributed by atoms with E-state index in [1.807, 2.05) is 53.8 Å². The molecule has 67 heavy (non-hydrogen) atoms. The number of amides is 2.